The Morgan fingerprint density at radius 1 is 1.21 bits per heavy atom. The highest BCUT2D eigenvalue weighted by Gasteiger charge is 2.19. The highest BCUT2D eigenvalue weighted by atomic mass is 32.1. The van der Waals surface area contributed by atoms with Gasteiger partial charge in [0, 0.05) is 50.0 Å². The second kappa shape index (κ2) is 9.73. The molecule has 152 valence electrons. The third-order valence-electron chi connectivity index (χ3n) is 4.64. The standard InChI is InChI=1S/C20H30N6OS/c1-15(2)12-16(3)27-18-13-17(4-5-22-18)14-24-19(21)25-7-9-26(10-8-25)20-23-6-11-28-20/h4-6,11,13,15-16H,7-10,12,14H2,1-3H3,(H2,21,24). The Labute approximate surface area is 171 Å². The van der Waals surface area contributed by atoms with Crippen LogP contribution in [0.5, 0.6) is 5.88 Å². The molecule has 0 spiro atoms. The Bertz CT molecular complexity index is 756. The number of hydrogen-bond donors (Lipinski definition) is 1. The van der Waals surface area contributed by atoms with Gasteiger partial charge in [-0.05, 0) is 30.9 Å². The molecule has 8 heteroatoms. The van der Waals surface area contributed by atoms with Crippen molar-refractivity contribution in [3.63, 3.8) is 0 Å². The van der Waals surface area contributed by atoms with Crippen LogP contribution in [0.3, 0.4) is 0 Å². The number of thiazole rings is 1. The SMILES string of the molecule is CC(C)CC(C)Oc1cc(CN=C(N)N2CCN(c3nccs3)CC2)ccn1. The minimum Gasteiger partial charge on any atom is -0.475 e. The van der Waals surface area contributed by atoms with Gasteiger partial charge in [0.2, 0.25) is 5.88 Å². The van der Waals surface area contributed by atoms with Gasteiger partial charge >= 0.3 is 0 Å². The van der Waals surface area contributed by atoms with E-state index in [0.717, 1.165) is 43.3 Å². The van der Waals surface area contributed by atoms with E-state index < -0.39 is 0 Å². The smallest absolute Gasteiger partial charge is 0.213 e. The second-order valence-electron chi connectivity index (χ2n) is 7.52. The van der Waals surface area contributed by atoms with E-state index in [2.05, 4.69) is 45.5 Å². The normalized spacial score (nSPS) is 16.5. The number of aromatic nitrogens is 2. The second-order valence-corrected chi connectivity index (χ2v) is 8.40. The van der Waals surface area contributed by atoms with Crippen LogP contribution in [0, 0.1) is 5.92 Å². The van der Waals surface area contributed by atoms with Gasteiger partial charge in [-0.25, -0.2) is 15.0 Å². The monoisotopic (exact) mass is 402 g/mol. The summed E-state index contributed by atoms with van der Waals surface area (Å²) in [5.41, 5.74) is 7.28. The van der Waals surface area contributed by atoms with Gasteiger partial charge in [-0.15, -0.1) is 11.3 Å². The molecule has 1 aliphatic heterocycles. The maximum absolute atomic E-state index is 6.23. The first-order valence-corrected chi connectivity index (χ1v) is 10.7. The zero-order valence-electron chi connectivity index (χ0n) is 16.9. The Hall–Kier alpha value is -2.35. The summed E-state index contributed by atoms with van der Waals surface area (Å²) in [5, 5.41) is 3.08. The predicted molar refractivity (Wildman–Crippen MR) is 115 cm³/mol. The van der Waals surface area contributed by atoms with E-state index in [1.807, 2.05) is 23.7 Å². The minimum absolute atomic E-state index is 0.144. The van der Waals surface area contributed by atoms with Crippen molar-refractivity contribution in [1.29, 1.82) is 0 Å². The first kappa shape index (κ1) is 20.4. The fourth-order valence-electron chi connectivity index (χ4n) is 3.30. The fraction of sp³-hybridized carbons (Fsp3) is 0.550. The lowest BCUT2D eigenvalue weighted by Crippen LogP contribution is -2.51. The van der Waals surface area contributed by atoms with Crippen LogP contribution in [0.2, 0.25) is 0 Å². The summed E-state index contributed by atoms with van der Waals surface area (Å²) >= 11 is 1.67. The van der Waals surface area contributed by atoms with Crippen LogP contribution in [-0.2, 0) is 6.54 Å². The van der Waals surface area contributed by atoms with Crippen LogP contribution in [0.4, 0.5) is 5.13 Å². The molecule has 2 N–H and O–H groups in total. The zero-order valence-corrected chi connectivity index (χ0v) is 17.7. The molecule has 0 radical (unpaired) electrons. The summed E-state index contributed by atoms with van der Waals surface area (Å²) in [4.78, 5) is 17.7. The number of guanidine groups is 1. The van der Waals surface area contributed by atoms with Gasteiger partial charge in [0.15, 0.2) is 11.1 Å². The summed E-state index contributed by atoms with van der Waals surface area (Å²) in [6.07, 6.45) is 4.76. The van der Waals surface area contributed by atoms with Crippen LogP contribution in [0.1, 0.15) is 32.8 Å². The van der Waals surface area contributed by atoms with Crippen LogP contribution in [0.15, 0.2) is 34.9 Å². The lowest BCUT2D eigenvalue weighted by molar-refractivity contribution is 0.185. The van der Waals surface area contributed by atoms with Crippen molar-refractivity contribution >= 4 is 22.4 Å². The molecule has 1 fully saturated rings. The molecule has 3 rings (SSSR count). The van der Waals surface area contributed by atoms with E-state index in [9.17, 15) is 0 Å². The topological polar surface area (TPSA) is 79.9 Å². The molecule has 1 unspecified atom stereocenters. The van der Waals surface area contributed by atoms with Gasteiger partial charge in [-0.2, -0.15) is 0 Å². The lowest BCUT2D eigenvalue weighted by atomic mass is 10.1. The first-order valence-electron chi connectivity index (χ1n) is 9.82. The third-order valence-corrected chi connectivity index (χ3v) is 5.47. The van der Waals surface area contributed by atoms with E-state index in [1.165, 1.54) is 0 Å². The molecule has 0 saturated carbocycles. The van der Waals surface area contributed by atoms with E-state index in [4.69, 9.17) is 10.5 Å². The Kier molecular flexibility index (Phi) is 7.08. The fourth-order valence-corrected chi connectivity index (χ4v) is 4.00. The summed E-state index contributed by atoms with van der Waals surface area (Å²) in [5.74, 6) is 1.83. The molecule has 3 heterocycles. The van der Waals surface area contributed by atoms with Crippen LogP contribution in [-0.4, -0.2) is 53.1 Å². The number of rotatable bonds is 7. The number of hydrogen-bond acceptors (Lipinski definition) is 6. The van der Waals surface area contributed by atoms with Gasteiger partial charge < -0.3 is 20.3 Å². The van der Waals surface area contributed by atoms with Crippen LogP contribution < -0.4 is 15.4 Å². The molecule has 2 aromatic heterocycles. The maximum Gasteiger partial charge on any atom is 0.213 e. The first-order chi connectivity index (χ1) is 13.5. The van der Waals surface area contributed by atoms with Crippen LogP contribution in [0.25, 0.3) is 0 Å². The lowest BCUT2D eigenvalue weighted by Gasteiger charge is -2.35. The number of pyridine rings is 1. The van der Waals surface area contributed by atoms with Crippen molar-refractivity contribution in [3.8, 4) is 5.88 Å². The van der Waals surface area contributed by atoms with Crippen molar-refractivity contribution in [3.05, 3.63) is 35.5 Å². The maximum atomic E-state index is 6.23. The molecule has 0 bridgehead atoms. The average molecular weight is 403 g/mol. The summed E-state index contributed by atoms with van der Waals surface area (Å²) in [7, 11) is 0. The van der Waals surface area contributed by atoms with Crippen molar-refractivity contribution in [2.24, 2.45) is 16.6 Å². The molecule has 0 amide bonds. The quantitative estimate of drug-likeness (QED) is 0.566. The van der Waals surface area contributed by atoms with Crippen LogP contribution >= 0.6 is 11.3 Å². The number of anilines is 1. The van der Waals surface area contributed by atoms with Gasteiger partial charge in [-0.1, -0.05) is 13.8 Å². The molecular formula is C20H30N6OS. The number of piperazine rings is 1. The van der Waals surface area contributed by atoms with Crippen molar-refractivity contribution in [2.45, 2.75) is 39.8 Å². The van der Waals surface area contributed by atoms with Crippen molar-refractivity contribution < 1.29 is 4.74 Å². The summed E-state index contributed by atoms with van der Waals surface area (Å²) < 4.78 is 5.92. The molecule has 1 atom stereocenters. The number of nitrogens with zero attached hydrogens (tertiary/aromatic N) is 5. The van der Waals surface area contributed by atoms with Crippen molar-refractivity contribution in [1.82, 2.24) is 14.9 Å². The summed E-state index contributed by atoms with van der Waals surface area (Å²) in [6.45, 7) is 10.5. The zero-order chi connectivity index (χ0) is 19.9. The number of ether oxygens (including phenoxy) is 1. The van der Waals surface area contributed by atoms with E-state index in [1.54, 1.807) is 17.5 Å². The molecule has 1 aliphatic rings. The van der Waals surface area contributed by atoms with E-state index in [-0.39, 0.29) is 6.10 Å². The molecule has 0 aliphatic carbocycles. The Morgan fingerprint density at radius 2 is 2.00 bits per heavy atom. The van der Waals surface area contributed by atoms with Gasteiger partial charge in [0.25, 0.3) is 0 Å². The van der Waals surface area contributed by atoms with E-state index >= 15 is 0 Å². The number of aliphatic imine (C=N–C) groups is 1. The molecule has 1 saturated heterocycles. The largest absolute Gasteiger partial charge is 0.475 e. The van der Waals surface area contributed by atoms with Gasteiger partial charge in [0.1, 0.15) is 0 Å². The highest BCUT2D eigenvalue weighted by Crippen LogP contribution is 2.19. The predicted octanol–water partition coefficient (Wildman–Crippen LogP) is 2.99. The van der Waals surface area contributed by atoms with Gasteiger partial charge in [-0.3, -0.25) is 0 Å². The number of nitrogens with two attached hydrogens (primary N) is 1. The Balaban J connectivity index is 1.51. The summed E-state index contributed by atoms with van der Waals surface area (Å²) in [6, 6.07) is 3.91. The molecule has 2 aromatic rings. The average Bonchev–Trinajstić information content (AvgIpc) is 3.20. The molecular weight excluding hydrogens is 372 g/mol. The molecule has 7 nitrogen and oxygen atoms in total. The van der Waals surface area contributed by atoms with E-state index in [0.29, 0.717) is 24.3 Å². The Morgan fingerprint density at radius 3 is 2.68 bits per heavy atom. The van der Waals surface area contributed by atoms with Crippen molar-refractivity contribution in [2.75, 3.05) is 31.1 Å². The highest BCUT2D eigenvalue weighted by molar-refractivity contribution is 7.13. The third kappa shape index (κ3) is 5.82. The minimum atomic E-state index is 0.144. The van der Waals surface area contributed by atoms with Gasteiger partial charge in [0.05, 0.1) is 12.6 Å². The molecule has 0 aromatic carbocycles. The molecule has 28 heavy (non-hydrogen) atoms.